The molecular weight excluding hydrogens is 315 g/mol. The standard InChI is InChI=1S/C14H18Cl2N2O3/c15-14(16)7-10(14)13(21)17-8-1-3-9(4-2-8)18-11(19)5-6-12(18)20/h8-10H,1-7H2,(H,17,21)/t8?,9?,10-/m1/s1. The first kappa shape index (κ1) is 15.1. The summed E-state index contributed by atoms with van der Waals surface area (Å²) in [6, 6.07) is 0.0908. The molecule has 1 heterocycles. The van der Waals surface area contributed by atoms with Gasteiger partial charge in [0.05, 0.1) is 5.92 Å². The van der Waals surface area contributed by atoms with Crippen molar-refractivity contribution in [3.63, 3.8) is 0 Å². The van der Waals surface area contributed by atoms with Crippen molar-refractivity contribution in [3.8, 4) is 0 Å². The summed E-state index contributed by atoms with van der Waals surface area (Å²) in [7, 11) is 0. The van der Waals surface area contributed by atoms with Gasteiger partial charge in [-0.3, -0.25) is 19.3 Å². The summed E-state index contributed by atoms with van der Waals surface area (Å²) in [4.78, 5) is 36.8. The molecule has 21 heavy (non-hydrogen) atoms. The van der Waals surface area contributed by atoms with E-state index >= 15 is 0 Å². The van der Waals surface area contributed by atoms with Crippen LogP contribution in [0.3, 0.4) is 0 Å². The van der Waals surface area contributed by atoms with E-state index in [-0.39, 0.29) is 35.7 Å². The lowest BCUT2D eigenvalue weighted by molar-refractivity contribution is -0.142. The van der Waals surface area contributed by atoms with Crippen LogP contribution >= 0.6 is 23.2 Å². The van der Waals surface area contributed by atoms with E-state index in [1.165, 1.54) is 4.90 Å². The Labute approximate surface area is 133 Å². The zero-order valence-corrected chi connectivity index (χ0v) is 13.1. The summed E-state index contributed by atoms with van der Waals surface area (Å²) in [5, 5.41) is 2.97. The molecule has 3 rings (SSSR count). The molecule has 5 nitrogen and oxygen atoms in total. The summed E-state index contributed by atoms with van der Waals surface area (Å²) < 4.78 is -0.893. The van der Waals surface area contributed by atoms with Crippen LogP contribution in [0.25, 0.3) is 0 Å². The molecule has 0 aromatic rings. The summed E-state index contributed by atoms with van der Waals surface area (Å²) in [6.45, 7) is 0. The molecule has 0 unspecified atom stereocenters. The lowest BCUT2D eigenvalue weighted by Crippen LogP contribution is -2.46. The van der Waals surface area contributed by atoms with Crippen LogP contribution in [0.2, 0.25) is 0 Å². The number of halogens is 2. The zero-order valence-electron chi connectivity index (χ0n) is 11.6. The van der Waals surface area contributed by atoms with E-state index in [1.54, 1.807) is 0 Å². The molecule has 1 atom stereocenters. The molecule has 3 fully saturated rings. The Balaban J connectivity index is 1.48. The number of alkyl halides is 2. The molecule has 0 spiro atoms. The lowest BCUT2D eigenvalue weighted by atomic mass is 9.90. The summed E-state index contributed by atoms with van der Waals surface area (Å²) in [5.41, 5.74) is 0. The molecule has 0 radical (unpaired) electrons. The van der Waals surface area contributed by atoms with E-state index < -0.39 is 4.33 Å². The number of likely N-dealkylation sites (tertiary alicyclic amines) is 1. The number of rotatable bonds is 3. The van der Waals surface area contributed by atoms with Crippen molar-refractivity contribution < 1.29 is 14.4 Å². The number of imide groups is 1. The summed E-state index contributed by atoms with van der Waals surface area (Å²) >= 11 is 11.8. The fraction of sp³-hybridized carbons (Fsp3) is 0.786. The minimum Gasteiger partial charge on any atom is -0.353 e. The quantitative estimate of drug-likeness (QED) is 0.632. The number of carbonyl (C=O) groups excluding carboxylic acids is 3. The van der Waals surface area contributed by atoms with Crippen LogP contribution in [-0.2, 0) is 14.4 Å². The van der Waals surface area contributed by atoms with Gasteiger partial charge in [-0.2, -0.15) is 0 Å². The molecule has 1 N–H and O–H groups in total. The van der Waals surface area contributed by atoms with Gasteiger partial charge in [-0.25, -0.2) is 0 Å². The molecule has 3 aliphatic rings. The molecule has 2 aliphatic carbocycles. The summed E-state index contributed by atoms with van der Waals surface area (Å²) in [6.07, 6.45) is 4.24. The molecule has 7 heteroatoms. The molecule has 0 aromatic carbocycles. The number of nitrogens with one attached hydrogen (secondary N) is 1. The molecule has 116 valence electrons. The van der Waals surface area contributed by atoms with Gasteiger partial charge in [0.25, 0.3) is 0 Å². The molecule has 1 saturated heterocycles. The van der Waals surface area contributed by atoms with Gasteiger partial charge < -0.3 is 5.32 Å². The van der Waals surface area contributed by atoms with Crippen molar-refractivity contribution in [1.29, 1.82) is 0 Å². The molecule has 1 aliphatic heterocycles. The first-order chi connectivity index (χ1) is 9.88. The zero-order chi connectivity index (χ0) is 15.2. The highest BCUT2D eigenvalue weighted by Crippen LogP contribution is 2.53. The predicted molar refractivity (Wildman–Crippen MR) is 77.8 cm³/mol. The Bertz CT molecular complexity index is 471. The van der Waals surface area contributed by atoms with E-state index in [0.29, 0.717) is 19.3 Å². The summed E-state index contributed by atoms with van der Waals surface area (Å²) in [5.74, 6) is -0.504. The van der Waals surface area contributed by atoms with Gasteiger partial charge in [0, 0.05) is 24.9 Å². The maximum absolute atomic E-state index is 11.9. The van der Waals surface area contributed by atoms with Crippen LogP contribution in [0.1, 0.15) is 44.9 Å². The second kappa shape index (κ2) is 5.43. The fourth-order valence-electron chi connectivity index (χ4n) is 3.28. The highest BCUT2D eigenvalue weighted by atomic mass is 35.5. The molecule has 0 aromatic heterocycles. The largest absolute Gasteiger partial charge is 0.353 e. The number of nitrogens with zero attached hydrogens (tertiary/aromatic N) is 1. The van der Waals surface area contributed by atoms with Crippen LogP contribution in [0, 0.1) is 5.92 Å². The number of hydrogen-bond donors (Lipinski definition) is 1. The van der Waals surface area contributed by atoms with Crippen molar-refractivity contribution in [2.24, 2.45) is 5.92 Å². The Morgan fingerprint density at radius 1 is 1.10 bits per heavy atom. The highest BCUT2D eigenvalue weighted by molar-refractivity contribution is 6.52. The van der Waals surface area contributed by atoms with Crippen LogP contribution in [-0.4, -0.2) is 39.0 Å². The monoisotopic (exact) mass is 332 g/mol. The van der Waals surface area contributed by atoms with Crippen LogP contribution in [0.4, 0.5) is 0 Å². The molecule has 3 amide bonds. The topological polar surface area (TPSA) is 66.5 Å². The van der Waals surface area contributed by atoms with Gasteiger partial charge in [-0.1, -0.05) is 0 Å². The van der Waals surface area contributed by atoms with Crippen molar-refractivity contribution in [2.75, 3.05) is 0 Å². The Hall–Kier alpha value is -0.810. The average molecular weight is 333 g/mol. The number of carbonyl (C=O) groups is 3. The number of hydrogen-bond acceptors (Lipinski definition) is 3. The highest BCUT2D eigenvalue weighted by Gasteiger charge is 2.56. The SMILES string of the molecule is O=C(NC1CCC(N2C(=O)CCC2=O)CC1)[C@H]1CC1(Cl)Cl. The van der Waals surface area contributed by atoms with E-state index in [1.807, 2.05) is 0 Å². The third-order valence-corrected chi connectivity index (χ3v) is 5.48. The van der Waals surface area contributed by atoms with Gasteiger partial charge in [-0.15, -0.1) is 23.2 Å². The van der Waals surface area contributed by atoms with Crippen molar-refractivity contribution in [3.05, 3.63) is 0 Å². The van der Waals surface area contributed by atoms with Crippen LogP contribution in [0.5, 0.6) is 0 Å². The third-order valence-electron chi connectivity index (χ3n) is 4.64. The predicted octanol–water partition coefficient (Wildman–Crippen LogP) is 1.76. The molecule has 2 saturated carbocycles. The minimum absolute atomic E-state index is 0.00159. The second-order valence-electron chi connectivity index (χ2n) is 6.19. The minimum atomic E-state index is -0.893. The Morgan fingerprint density at radius 2 is 1.62 bits per heavy atom. The van der Waals surface area contributed by atoms with Crippen molar-refractivity contribution in [1.82, 2.24) is 10.2 Å². The van der Waals surface area contributed by atoms with E-state index in [2.05, 4.69) is 5.32 Å². The van der Waals surface area contributed by atoms with Gasteiger partial charge in [0.1, 0.15) is 4.33 Å². The first-order valence-corrected chi connectivity index (χ1v) is 8.17. The van der Waals surface area contributed by atoms with E-state index in [4.69, 9.17) is 23.2 Å². The van der Waals surface area contributed by atoms with Gasteiger partial charge in [-0.05, 0) is 32.1 Å². The lowest BCUT2D eigenvalue weighted by Gasteiger charge is -2.33. The first-order valence-electron chi connectivity index (χ1n) is 7.41. The average Bonchev–Trinajstić information content (AvgIpc) is 2.95. The van der Waals surface area contributed by atoms with Crippen LogP contribution < -0.4 is 5.32 Å². The van der Waals surface area contributed by atoms with Crippen molar-refractivity contribution in [2.45, 2.75) is 61.4 Å². The molecule has 0 bridgehead atoms. The number of amides is 3. The Kier molecular flexibility index (Phi) is 3.91. The van der Waals surface area contributed by atoms with Crippen molar-refractivity contribution >= 4 is 40.9 Å². The van der Waals surface area contributed by atoms with Crippen LogP contribution in [0.15, 0.2) is 0 Å². The third kappa shape index (κ3) is 3.04. The maximum atomic E-state index is 11.9. The fourth-order valence-corrected chi connectivity index (χ4v) is 3.79. The Morgan fingerprint density at radius 3 is 2.10 bits per heavy atom. The van der Waals surface area contributed by atoms with Gasteiger partial charge >= 0.3 is 0 Å². The van der Waals surface area contributed by atoms with E-state index in [9.17, 15) is 14.4 Å². The second-order valence-corrected chi connectivity index (χ2v) is 7.73. The molecular formula is C14H18Cl2N2O3. The maximum Gasteiger partial charge on any atom is 0.229 e. The normalized spacial score (nSPS) is 35.0. The van der Waals surface area contributed by atoms with Gasteiger partial charge in [0.2, 0.25) is 17.7 Å². The van der Waals surface area contributed by atoms with Gasteiger partial charge in [0.15, 0.2) is 0 Å². The van der Waals surface area contributed by atoms with E-state index in [0.717, 1.165) is 25.7 Å². The smallest absolute Gasteiger partial charge is 0.229 e.